The summed E-state index contributed by atoms with van der Waals surface area (Å²) < 4.78 is 15.7. The van der Waals surface area contributed by atoms with Gasteiger partial charge in [0, 0.05) is 22.4 Å². The zero-order valence-corrected chi connectivity index (χ0v) is 18.4. The molecule has 8 heteroatoms. The fourth-order valence-corrected chi connectivity index (χ4v) is 5.62. The second kappa shape index (κ2) is 9.14. The summed E-state index contributed by atoms with van der Waals surface area (Å²) in [6.45, 7) is 6.70. The van der Waals surface area contributed by atoms with E-state index in [1.165, 1.54) is 40.8 Å². The zero-order chi connectivity index (χ0) is 21.1. The van der Waals surface area contributed by atoms with Crippen molar-refractivity contribution in [3.8, 4) is 11.4 Å². The third-order valence-corrected chi connectivity index (χ3v) is 7.17. The molecule has 0 radical (unpaired) electrons. The second-order valence-electron chi connectivity index (χ2n) is 7.42. The Hall–Kier alpha value is -2.45. The number of nitrogens with zero attached hydrogens (tertiary/aromatic N) is 3. The second-order valence-corrected chi connectivity index (χ2v) is 9.33. The van der Waals surface area contributed by atoms with E-state index >= 15 is 0 Å². The van der Waals surface area contributed by atoms with Crippen LogP contribution < -0.4 is 5.32 Å². The number of carbonyl (C=O) groups is 1. The molecule has 2 heterocycles. The molecule has 1 unspecified atom stereocenters. The van der Waals surface area contributed by atoms with E-state index in [1.54, 1.807) is 29.5 Å². The topological polar surface area (TPSA) is 59.8 Å². The molecule has 2 aromatic heterocycles. The molecule has 0 aliphatic heterocycles. The van der Waals surface area contributed by atoms with Crippen molar-refractivity contribution >= 4 is 34.7 Å². The minimum atomic E-state index is -0.454. The monoisotopic (exact) mass is 442 g/mol. The molecular formula is C22H23FN4OS2. The summed E-state index contributed by atoms with van der Waals surface area (Å²) in [5.74, 6) is 0.905. The van der Waals surface area contributed by atoms with Crippen LogP contribution in [0.2, 0.25) is 0 Å². The van der Waals surface area contributed by atoms with Gasteiger partial charge in [0.1, 0.15) is 5.82 Å². The summed E-state index contributed by atoms with van der Waals surface area (Å²) in [6, 6.07) is 6.12. The van der Waals surface area contributed by atoms with E-state index in [9.17, 15) is 9.18 Å². The van der Waals surface area contributed by atoms with Crippen LogP contribution >= 0.6 is 23.1 Å². The number of thiophene rings is 1. The van der Waals surface area contributed by atoms with E-state index in [2.05, 4.69) is 34.4 Å². The number of benzene rings is 1. The molecular weight excluding hydrogens is 419 g/mol. The third kappa shape index (κ3) is 4.34. The standard InChI is InChI=1S/C22H23FN4OS2/c1-3-10-27-21(16-12-29-19-11-14(2)8-9-15(16)19)25-26-22(27)30-13-20(28)24-18-7-5-4-6-17(18)23/h3-7,12,14H,1,8-11,13H2,2H3,(H,24,28). The first-order chi connectivity index (χ1) is 14.6. The number of halogens is 1. The normalized spacial score (nSPS) is 15.6. The molecule has 0 bridgehead atoms. The number of aromatic nitrogens is 3. The number of allylic oxidation sites excluding steroid dienone is 1. The highest BCUT2D eigenvalue weighted by atomic mass is 32.2. The zero-order valence-electron chi connectivity index (χ0n) is 16.7. The summed E-state index contributed by atoms with van der Waals surface area (Å²) in [7, 11) is 0. The maximum Gasteiger partial charge on any atom is 0.234 e. The van der Waals surface area contributed by atoms with Crippen molar-refractivity contribution in [1.82, 2.24) is 14.8 Å². The van der Waals surface area contributed by atoms with Gasteiger partial charge in [-0.3, -0.25) is 9.36 Å². The molecule has 1 atom stereocenters. The maximum absolute atomic E-state index is 13.7. The molecule has 156 valence electrons. The van der Waals surface area contributed by atoms with Crippen molar-refractivity contribution in [3.63, 3.8) is 0 Å². The highest BCUT2D eigenvalue weighted by Gasteiger charge is 2.24. The van der Waals surface area contributed by atoms with Gasteiger partial charge in [-0.05, 0) is 42.9 Å². The first kappa shape index (κ1) is 20.8. The maximum atomic E-state index is 13.7. The number of rotatable bonds is 7. The lowest BCUT2D eigenvalue weighted by Gasteiger charge is -2.19. The average molecular weight is 443 g/mol. The molecule has 0 saturated carbocycles. The highest BCUT2D eigenvalue weighted by molar-refractivity contribution is 7.99. The van der Waals surface area contributed by atoms with Crippen LogP contribution in [0.3, 0.4) is 0 Å². The SMILES string of the molecule is C=CCn1c(SCC(=O)Nc2ccccc2F)nnc1-c1csc2c1CCC(C)C2. The molecule has 1 amide bonds. The molecule has 1 aromatic carbocycles. The number of anilines is 1. The molecule has 4 rings (SSSR count). The Kier molecular flexibility index (Phi) is 6.34. The van der Waals surface area contributed by atoms with E-state index < -0.39 is 5.82 Å². The number of para-hydroxylation sites is 1. The Balaban J connectivity index is 1.51. The van der Waals surface area contributed by atoms with Crippen LogP contribution in [0.25, 0.3) is 11.4 Å². The summed E-state index contributed by atoms with van der Waals surface area (Å²) >= 11 is 3.08. The molecule has 30 heavy (non-hydrogen) atoms. The van der Waals surface area contributed by atoms with Gasteiger partial charge in [-0.2, -0.15) is 0 Å². The number of hydrogen-bond acceptors (Lipinski definition) is 5. The molecule has 0 spiro atoms. The van der Waals surface area contributed by atoms with E-state index in [4.69, 9.17) is 0 Å². The lowest BCUT2D eigenvalue weighted by Crippen LogP contribution is -2.15. The highest BCUT2D eigenvalue weighted by Crippen LogP contribution is 2.38. The van der Waals surface area contributed by atoms with Crippen molar-refractivity contribution < 1.29 is 9.18 Å². The predicted octanol–water partition coefficient (Wildman–Crippen LogP) is 5.19. The van der Waals surface area contributed by atoms with Gasteiger partial charge in [-0.25, -0.2) is 4.39 Å². The molecule has 0 saturated heterocycles. The van der Waals surface area contributed by atoms with Crippen molar-refractivity contribution in [1.29, 1.82) is 0 Å². The first-order valence-electron chi connectivity index (χ1n) is 9.87. The Morgan fingerprint density at radius 2 is 2.27 bits per heavy atom. The van der Waals surface area contributed by atoms with Crippen molar-refractivity contribution in [2.24, 2.45) is 5.92 Å². The summed E-state index contributed by atoms with van der Waals surface area (Å²) in [5, 5.41) is 14.2. The van der Waals surface area contributed by atoms with Gasteiger partial charge in [0.15, 0.2) is 11.0 Å². The number of fused-ring (bicyclic) bond motifs is 1. The number of carbonyl (C=O) groups excluding carboxylic acids is 1. The quantitative estimate of drug-likeness (QED) is 0.404. The largest absolute Gasteiger partial charge is 0.323 e. The van der Waals surface area contributed by atoms with Crippen LogP contribution in [-0.2, 0) is 24.2 Å². The van der Waals surface area contributed by atoms with Crippen molar-refractivity contribution in [2.45, 2.75) is 37.9 Å². The Morgan fingerprint density at radius 1 is 1.43 bits per heavy atom. The van der Waals surface area contributed by atoms with Crippen LogP contribution in [-0.4, -0.2) is 26.4 Å². The molecule has 0 fully saturated rings. The van der Waals surface area contributed by atoms with E-state index in [0.29, 0.717) is 17.6 Å². The van der Waals surface area contributed by atoms with Crippen LogP contribution in [0, 0.1) is 11.7 Å². The van der Waals surface area contributed by atoms with Gasteiger partial charge in [0.05, 0.1) is 11.4 Å². The number of thioether (sulfide) groups is 1. The fraction of sp³-hybridized carbons (Fsp3) is 0.318. The average Bonchev–Trinajstić information content (AvgIpc) is 3.32. The van der Waals surface area contributed by atoms with Gasteiger partial charge >= 0.3 is 0 Å². The number of hydrogen-bond donors (Lipinski definition) is 1. The van der Waals surface area contributed by atoms with E-state index in [1.807, 2.05) is 4.57 Å². The molecule has 1 aliphatic rings. The Bertz CT molecular complexity index is 1080. The van der Waals surface area contributed by atoms with Gasteiger partial charge in [0.25, 0.3) is 0 Å². The lowest BCUT2D eigenvalue weighted by atomic mass is 9.88. The lowest BCUT2D eigenvalue weighted by molar-refractivity contribution is -0.113. The van der Waals surface area contributed by atoms with Gasteiger partial charge in [-0.15, -0.1) is 28.1 Å². The van der Waals surface area contributed by atoms with Crippen molar-refractivity contribution in [2.75, 3.05) is 11.1 Å². The predicted molar refractivity (Wildman–Crippen MR) is 120 cm³/mol. The summed E-state index contributed by atoms with van der Waals surface area (Å²) in [6.07, 6.45) is 5.17. The third-order valence-electron chi connectivity index (χ3n) is 5.15. The molecule has 1 N–H and O–H groups in total. The van der Waals surface area contributed by atoms with Gasteiger partial charge in [0.2, 0.25) is 5.91 Å². The first-order valence-corrected chi connectivity index (χ1v) is 11.7. The van der Waals surface area contributed by atoms with Crippen LogP contribution in [0.4, 0.5) is 10.1 Å². The smallest absolute Gasteiger partial charge is 0.234 e. The molecule has 1 aliphatic carbocycles. The summed E-state index contributed by atoms with van der Waals surface area (Å²) in [5.41, 5.74) is 2.69. The minimum Gasteiger partial charge on any atom is -0.323 e. The number of amides is 1. The molecule has 5 nitrogen and oxygen atoms in total. The van der Waals surface area contributed by atoms with Crippen LogP contribution in [0.5, 0.6) is 0 Å². The Morgan fingerprint density at radius 3 is 3.07 bits per heavy atom. The molecule has 3 aromatic rings. The number of nitrogens with one attached hydrogen (secondary N) is 1. The van der Waals surface area contributed by atoms with E-state index in [0.717, 1.165) is 24.2 Å². The van der Waals surface area contributed by atoms with Crippen LogP contribution in [0.1, 0.15) is 23.8 Å². The van der Waals surface area contributed by atoms with Gasteiger partial charge in [-0.1, -0.05) is 36.9 Å². The minimum absolute atomic E-state index is 0.114. The fourth-order valence-electron chi connectivity index (χ4n) is 3.63. The van der Waals surface area contributed by atoms with Gasteiger partial charge < -0.3 is 5.32 Å². The summed E-state index contributed by atoms with van der Waals surface area (Å²) in [4.78, 5) is 13.7. The van der Waals surface area contributed by atoms with E-state index in [-0.39, 0.29) is 17.3 Å². The van der Waals surface area contributed by atoms with Crippen molar-refractivity contribution in [3.05, 3.63) is 58.6 Å². The Labute approximate surface area is 183 Å². The van der Waals surface area contributed by atoms with Crippen LogP contribution in [0.15, 0.2) is 47.5 Å².